The van der Waals surface area contributed by atoms with Gasteiger partial charge in [-0.25, -0.2) is 0 Å². The Morgan fingerprint density at radius 1 is 0.417 bits per heavy atom. The Morgan fingerprint density at radius 2 is 0.667 bits per heavy atom. The van der Waals surface area contributed by atoms with E-state index in [1.165, 1.54) is 51.1 Å². The van der Waals surface area contributed by atoms with E-state index in [9.17, 15) is 39.5 Å². The van der Waals surface area contributed by atoms with Crippen molar-refractivity contribution in [2.24, 2.45) is 0 Å². The van der Waals surface area contributed by atoms with Gasteiger partial charge in [-0.2, -0.15) is 39.5 Å². The van der Waals surface area contributed by atoms with E-state index in [0.717, 1.165) is 36.4 Å². The van der Waals surface area contributed by atoms with Crippen LogP contribution in [0.5, 0.6) is 0 Å². The van der Waals surface area contributed by atoms with Crippen molar-refractivity contribution in [2.45, 2.75) is 18.5 Å². The molecule has 0 bridgehead atoms. The molecule has 36 heavy (non-hydrogen) atoms. The minimum atomic E-state index is -4.63. The number of halogens is 9. The molecule has 3 aromatic rings. The Kier molecular flexibility index (Phi) is 6.48. The van der Waals surface area contributed by atoms with Crippen LogP contribution in [0.3, 0.4) is 0 Å². The highest BCUT2D eigenvalue weighted by Gasteiger charge is 2.35. The smallest absolute Gasteiger partial charge is 0.336 e. The van der Waals surface area contributed by atoms with Crippen LogP contribution in [0.15, 0.2) is 72.8 Å². The van der Waals surface area contributed by atoms with Crippen molar-refractivity contribution in [2.75, 3.05) is 34.7 Å². The summed E-state index contributed by atoms with van der Waals surface area (Å²) in [5.41, 5.74) is -2.46. The van der Waals surface area contributed by atoms with E-state index in [1.54, 1.807) is 0 Å². The lowest BCUT2D eigenvalue weighted by molar-refractivity contribution is -0.138. The lowest BCUT2D eigenvalue weighted by atomic mass is 10.1. The molecule has 1 aliphatic heterocycles. The second kappa shape index (κ2) is 9.14. The lowest BCUT2D eigenvalue weighted by Gasteiger charge is -2.45. The molecule has 0 atom stereocenters. The first-order chi connectivity index (χ1) is 16.7. The van der Waals surface area contributed by atoms with E-state index < -0.39 is 35.2 Å². The van der Waals surface area contributed by atoms with Crippen LogP contribution < -0.4 is 14.7 Å². The molecule has 0 N–H and O–H groups in total. The molecule has 1 heterocycles. The molecule has 192 valence electrons. The van der Waals surface area contributed by atoms with E-state index >= 15 is 0 Å². The third-order valence-electron chi connectivity index (χ3n) is 5.64. The van der Waals surface area contributed by atoms with E-state index in [0.29, 0.717) is 0 Å². The molecule has 0 aromatic heterocycles. The van der Waals surface area contributed by atoms with Crippen LogP contribution in [0.1, 0.15) is 16.7 Å². The average molecular weight is 519 g/mol. The van der Waals surface area contributed by atoms with E-state index in [-0.39, 0.29) is 37.1 Å². The van der Waals surface area contributed by atoms with Gasteiger partial charge in [0.1, 0.15) is 0 Å². The molecule has 1 saturated heterocycles. The van der Waals surface area contributed by atoms with E-state index in [2.05, 4.69) is 0 Å². The van der Waals surface area contributed by atoms with Crippen LogP contribution in [0.4, 0.5) is 56.6 Å². The third-order valence-corrected chi connectivity index (χ3v) is 5.64. The van der Waals surface area contributed by atoms with Crippen molar-refractivity contribution in [3.05, 3.63) is 89.5 Å². The maximum atomic E-state index is 13.3. The summed E-state index contributed by atoms with van der Waals surface area (Å²) >= 11 is 0. The van der Waals surface area contributed by atoms with Gasteiger partial charge < -0.3 is 14.7 Å². The molecule has 0 aliphatic carbocycles. The van der Waals surface area contributed by atoms with Gasteiger partial charge in [-0.3, -0.25) is 0 Å². The number of benzene rings is 3. The number of hydrogen-bond donors (Lipinski definition) is 0. The molecule has 0 spiro atoms. The van der Waals surface area contributed by atoms with Crippen molar-refractivity contribution in [1.82, 2.24) is 0 Å². The Hall–Kier alpha value is -3.57. The number of hydrogen-bond acceptors (Lipinski definition) is 3. The first-order valence-electron chi connectivity index (χ1n) is 10.5. The lowest BCUT2D eigenvalue weighted by Crippen LogP contribution is -2.55. The maximum Gasteiger partial charge on any atom is 0.416 e. The minimum Gasteiger partial charge on any atom is -0.336 e. The molecule has 4 rings (SSSR count). The quantitative estimate of drug-likeness (QED) is 0.333. The average Bonchev–Trinajstić information content (AvgIpc) is 2.82. The van der Waals surface area contributed by atoms with Crippen LogP contribution in [0.25, 0.3) is 0 Å². The van der Waals surface area contributed by atoms with E-state index in [1.807, 2.05) is 0 Å². The molecular weight excluding hydrogens is 501 g/mol. The van der Waals surface area contributed by atoms with Gasteiger partial charge in [-0.15, -0.1) is 0 Å². The minimum absolute atomic E-state index is 0.0991. The first kappa shape index (κ1) is 25.5. The third kappa shape index (κ3) is 5.63. The fourth-order valence-electron chi connectivity index (χ4n) is 3.88. The zero-order chi connectivity index (χ0) is 26.3. The van der Waals surface area contributed by atoms with Gasteiger partial charge >= 0.3 is 18.5 Å². The standard InChI is InChI=1S/C24H18F9N3/c25-22(26,27)16-4-1-7-19(10-16)34-13-35(20-8-2-5-17(11-20)23(28,29)30)15-36(14-34)21-9-3-6-18(12-21)24(31,32)33/h1-12H,13-15H2. The number of rotatable bonds is 3. The maximum absolute atomic E-state index is 13.3. The van der Waals surface area contributed by atoms with E-state index in [4.69, 9.17) is 0 Å². The molecule has 3 aromatic carbocycles. The van der Waals surface area contributed by atoms with Crippen molar-refractivity contribution < 1.29 is 39.5 Å². The van der Waals surface area contributed by atoms with Gasteiger partial charge in [0.05, 0.1) is 36.7 Å². The Labute approximate surface area is 199 Å². The fraction of sp³-hybridized carbons (Fsp3) is 0.250. The predicted molar refractivity (Wildman–Crippen MR) is 116 cm³/mol. The predicted octanol–water partition coefficient (Wildman–Crippen LogP) is 7.45. The topological polar surface area (TPSA) is 9.72 Å². The van der Waals surface area contributed by atoms with Gasteiger partial charge in [0, 0.05) is 17.1 Å². The second-order valence-electron chi connectivity index (χ2n) is 8.19. The normalized spacial score (nSPS) is 15.4. The monoisotopic (exact) mass is 519 g/mol. The summed E-state index contributed by atoms with van der Waals surface area (Å²) < 4.78 is 120. The van der Waals surface area contributed by atoms with Crippen molar-refractivity contribution in [3.8, 4) is 0 Å². The molecule has 12 heteroatoms. The highest BCUT2D eigenvalue weighted by atomic mass is 19.4. The zero-order valence-electron chi connectivity index (χ0n) is 18.3. The highest BCUT2D eigenvalue weighted by Crippen LogP contribution is 2.36. The van der Waals surface area contributed by atoms with Gasteiger partial charge in [-0.1, -0.05) is 18.2 Å². The van der Waals surface area contributed by atoms with Crippen LogP contribution in [0, 0.1) is 0 Å². The summed E-state index contributed by atoms with van der Waals surface area (Å²) in [6.45, 7) is -0.297. The molecule has 1 fully saturated rings. The molecule has 1 aliphatic rings. The summed E-state index contributed by atoms with van der Waals surface area (Å²) in [6.07, 6.45) is -13.9. The van der Waals surface area contributed by atoms with Crippen molar-refractivity contribution in [3.63, 3.8) is 0 Å². The Morgan fingerprint density at radius 3 is 0.889 bits per heavy atom. The van der Waals surface area contributed by atoms with Gasteiger partial charge in [0.15, 0.2) is 0 Å². The van der Waals surface area contributed by atoms with Crippen LogP contribution in [-0.2, 0) is 18.5 Å². The number of nitrogens with zero attached hydrogens (tertiary/aromatic N) is 3. The largest absolute Gasteiger partial charge is 0.416 e. The number of anilines is 3. The van der Waals surface area contributed by atoms with Crippen LogP contribution in [-0.4, -0.2) is 20.0 Å². The summed E-state index contributed by atoms with van der Waals surface area (Å²) in [5, 5.41) is 0. The van der Waals surface area contributed by atoms with Crippen LogP contribution in [0.2, 0.25) is 0 Å². The molecule has 0 saturated carbocycles. The van der Waals surface area contributed by atoms with Gasteiger partial charge in [0.2, 0.25) is 0 Å². The van der Waals surface area contributed by atoms with Crippen LogP contribution >= 0.6 is 0 Å². The fourth-order valence-corrected chi connectivity index (χ4v) is 3.88. The summed E-state index contributed by atoms with van der Waals surface area (Å²) in [7, 11) is 0. The summed E-state index contributed by atoms with van der Waals surface area (Å²) in [6, 6.07) is 13.1. The molecule has 0 unspecified atom stereocenters. The van der Waals surface area contributed by atoms with Crippen molar-refractivity contribution in [1.29, 1.82) is 0 Å². The Bertz CT molecular complexity index is 1060. The number of alkyl halides is 9. The Balaban J connectivity index is 1.75. The zero-order valence-corrected chi connectivity index (χ0v) is 18.3. The van der Waals surface area contributed by atoms with Gasteiger partial charge in [-0.05, 0) is 54.6 Å². The highest BCUT2D eigenvalue weighted by molar-refractivity contribution is 5.60. The molecule has 0 amide bonds. The summed E-state index contributed by atoms with van der Waals surface area (Å²) in [5.74, 6) is 0. The molecular formula is C24H18F9N3. The SMILES string of the molecule is FC(F)(F)c1cccc(N2CN(c3cccc(C(F)(F)F)c3)CN(c3cccc(C(F)(F)F)c3)C2)c1. The van der Waals surface area contributed by atoms with Crippen molar-refractivity contribution >= 4 is 17.1 Å². The summed E-state index contributed by atoms with van der Waals surface area (Å²) in [4.78, 5) is 4.33. The second-order valence-corrected chi connectivity index (χ2v) is 8.19. The first-order valence-corrected chi connectivity index (χ1v) is 10.5. The van der Waals surface area contributed by atoms with Gasteiger partial charge in [0.25, 0.3) is 0 Å². The molecule has 3 nitrogen and oxygen atoms in total. The molecule has 0 radical (unpaired) electrons.